The van der Waals surface area contributed by atoms with Gasteiger partial charge in [-0.2, -0.15) is 0 Å². The number of carbonyl (C=O) groups excluding carboxylic acids is 1. The molecular formula is C18H25N5O2. The molecule has 7 heteroatoms. The third-order valence-corrected chi connectivity index (χ3v) is 4.55. The van der Waals surface area contributed by atoms with E-state index in [1.165, 1.54) is 24.2 Å². The minimum absolute atomic E-state index is 0.159. The Kier molecular flexibility index (Phi) is 5.65. The lowest BCUT2D eigenvalue weighted by atomic mass is 10.1. The maximum atomic E-state index is 12.2. The van der Waals surface area contributed by atoms with Crippen LogP contribution in [0.25, 0.3) is 10.9 Å². The van der Waals surface area contributed by atoms with Crippen LogP contribution in [0.5, 0.6) is 0 Å². The summed E-state index contributed by atoms with van der Waals surface area (Å²) in [5.41, 5.74) is 0.458. The molecule has 3 rings (SSSR count). The normalized spacial score (nSPS) is 15.2. The fourth-order valence-electron chi connectivity index (χ4n) is 3.15. The SMILES string of the molecule is CN(Cc1nc2ccccc2c(=O)[nH]1)C(=O)NCCN1CCCCC1. The molecule has 2 heterocycles. The molecule has 0 bridgehead atoms. The highest BCUT2D eigenvalue weighted by molar-refractivity contribution is 5.77. The number of likely N-dealkylation sites (tertiary alicyclic amines) is 1. The highest BCUT2D eigenvalue weighted by Crippen LogP contribution is 2.08. The number of hydrogen-bond donors (Lipinski definition) is 2. The Morgan fingerprint density at radius 2 is 2.04 bits per heavy atom. The smallest absolute Gasteiger partial charge is 0.317 e. The molecular weight excluding hydrogens is 318 g/mol. The van der Waals surface area contributed by atoms with Crippen LogP contribution in [-0.2, 0) is 6.54 Å². The summed E-state index contributed by atoms with van der Waals surface area (Å²) in [4.78, 5) is 35.4. The van der Waals surface area contributed by atoms with Crippen molar-refractivity contribution in [1.29, 1.82) is 0 Å². The summed E-state index contributed by atoms with van der Waals surface area (Å²) in [6, 6.07) is 7.03. The number of H-pyrrole nitrogens is 1. The third kappa shape index (κ3) is 4.57. The van der Waals surface area contributed by atoms with E-state index >= 15 is 0 Å². The van der Waals surface area contributed by atoms with Gasteiger partial charge in [-0.3, -0.25) is 4.79 Å². The molecule has 1 saturated heterocycles. The van der Waals surface area contributed by atoms with Crippen LogP contribution in [0.1, 0.15) is 25.1 Å². The monoisotopic (exact) mass is 343 g/mol. The van der Waals surface area contributed by atoms with Crippen LogP contribution in [0.4, 0.5) is 4.79 Å². The van der Waals surface area contributed by atoms with Crippen molar-refractivity contribution in [1.82, 2.24) is 25.1 Å². The summed E-state index contributed by atoms with van der Waals surface area (Å²) in [7, 11) is 1.70. The lowest BCUT2D eigenvalue weighted by Gasteiger charge is -2.26. The zero-order chi connectivity index (χ0) is 17.6. The number of benzene rings is 1. The van der Waals surface area contributed by atoms with Gasteiger partial charge in [-0.1, -0.05) is 18.6 Å². The largest absolute Gasteiger partial charge is 0.337 e. The Labute approximate surface area is 147 Å². The second kappa shape index (κ2) is 8.11. The first kappa shape index (κ1) is 17.4. The van der Waals surface area contributed by atoms with E-state index < -0.39 is 0 Å². The Morgan fingerprint density at radius 3 is 2.84 bits per heavy atom. The molecule has 0 spiro atoms. The summed E-state index contributed by atoms with van der Waals surface area (Å²) in [6.07, 6.45) is 3.80. The van der Waals surface area contributed by atoms with Crippen molar-refractivity contribution < 1.29 is 4.79 Å². The number of amides is 2. The highest BCUT2D eigenvalue weighted by atomic mass is 16.2. The molecule has 25 heavy (non-hydrogen) atoms. The number of fused-ring (bicyclic) bond motifs is 1. The van der Waals surface area contributed by atoms with Crippen molar-refractivity contribution in [3.8, 4) is 0 Å². The average molecular weight is 343 g/mol. The number of urea groups is 1. The zero-order valence-corrected chi connectivity index (χ0v) is 14.6. The summed E-state index contributed by atoms with van der Waals surface area (Å²) >= 11 is 0. The van der Waals surface area contributed by atoms with Gasteiger partial charge in [0.1, 0.15) is 5.82 Å². The fourth-order valence-corrected chi connectivity index (χ4v) is 3.15. The van der Waals surface area contributed by atoms with Crippen LogP contribution in [0.2, 0.25) is 0 Å². The van der Waals surface area contributed by atoms with E-state index in [4.69, 9.17) is 0 Å². The molecule has 1 aromatic heterocycles. The van der Waals surface area contributed by atoms with Crippen LogP contribution >= 0.6 is 0 Å². The summed E-state index contributed by atoms with van der Waals surface area (Å²) in [5, 5.41) is 3.48. The van der Waals surface area contributed by atoms with E-state index in [9.17, 15) is 9.59 Å². The minimum atomic E-state index is -0.181. The molecule has 2 N–H and O–H groups in total. The van der Waals surface area contributed by atoms with Gasteiger partial charge in [0.15, 0.2) is 0 Å². The Morgan fingerprint density at radius 1 is 1.28 bits per heavy atom. The molecule has 1 aromatic carbocycles. The Hall–Kier alpha value is -2.41. The van der Waals surface area contributed by atoms with Gasteiger partial charge in [-0.05, 0) is 38.1 Å². The van der Waals surface area contributed by atoms with Gasteiger partial charge >= 0.3 is 6.03 Å². The van der Waals surface area contributed by atoms with Gasteiger partial charge in [0.2, 0.25) is 0 Å². The number of aromatic amines is 1. The number of nitrogens with zero attached hydrogens (tertiary/aromatic N) is 3. The van der Waals surface area contributed by atoms with Gasteiger partial charge in [-0.15, -0.1) is 0 Å². The van der Waals surface area contributed by atoms with Crippen molar-refractivity contribution in [3.63, 3.8) is 0 Å². The lowest BCUT2D eigenvalue weighted by Crippen LogP contribution is -2.42. The number of para-hydroxylation sites is 1. The number of piperidine rings is 1. The first-order valence-corrected chi connectivity index (χ1v) is 8.83. The lowest BCUT2D eigenvalue weighted by molar-refractivity contribution is 0.197. The van der Waals surface area contributed by atoms with Crippen molar-refractivity contribution in [2.45, 2.75) is 25.8 Å². The predicted octanol–water partition coefficient (Wildman–Crippen LogP) is 1.55. The van der Waals surface area contributed by atoms with E-state index in [0.29, 0.717) is 23.3 Å². The second-order valence-corrected chi connectivity index (χ2v) is 6.52. The maximum absolute atomic E-state index is 12.2. The second-order valence-electron chi connectivity index (χ2n) is 6.52. The third-order valence-electron chi connectivity index (χ3n) is 4.55. The Balaban J connectivity index is 1.53. The minimum Gasteiger partial charge on any atom is -0.337 e. The Bertz CT molecular complexity index is 782. The highest BCUT2D eigenvalue weighted by Gasteiger charge is 2.13. The molecule has 2 amide bonds. The maximum Gasteiger partial charge on any atom is 0.317 e. The van der Waals surface area contributed by atoms with Crippen LogP contribution in [0.3, 0.4) is 0 Å². The summed E-state index contributed by atoms with van der Waals surface area (Å²) < 4.78 is 0. The standard InChI is InChI=1S/C18H25N5O2/c1-22(18(25)19-9-12-23-10-5-2-6-11-23)13-16-20-15-8-4-3-7-14(15)17(24)21-16/h3-4,7-8H,2,5-6,9-13H2,1H3,(H,19,25)(H,20,21,24). The number of aromatic nitrogens is 2. The van der Waals surface area contributed by atoms with Crippen molar-refractivity contribution >= 4 is 16.9 Å². The molecule has 0 unspecified atom stereocenters. The molecule has 0 saturated carbocycles. The van der Waals surface area contributed by atoms with Gasteiger partial charge < -0.3 is 20.1 Å². The molecule has 134 valence electrons. The van der Waals surface area contributed by atoms with Crippen LogP contribution in [0.15, 0.2) is 29.1 Å². The molecule has 2 aromatic rings. The topological polar surface area (TPSA) is 81.3 Å². The van der Waals surface area contributed by atoms with E-state index in [2.05, 4.69) is 20.2 Å². The molecule has 0 atom stereocenters. The van der Waals surface area contributed by atoms with Gasteiger partial charge in [0.25, 0.3) is 5.56 Å². The van der Waals surface area contributed by atoms with Gasteiger partial charge in [0, 0.05) is 20.1 Å². The first-order valence-electron chi connectivity index (χ1n) is 8.83. The van der Waals surface area contributed by atoms with Crippen molar-refractivity contribution in [3.05, 3.63) is 40.4 Å². The van der Waals surface area contributed by atoms with Crippen molar-refractivity contribution in [2.75, 3.05) is 33.2 Å². The van der Waals surface area contributed by atoms with E-state index in [0.717, 1.165) is 19.6 Å². The quantitative estimate of drug-likeness (QED) is 0.863. The molecule has 1 aliphatic rings. The first-order chi connectivity index (χ1) is 12.1. The zero-order valence-electron chi connectivity index (χ0n) is 14.6. The molecule has 1 fully saturated rings. The van der Waals surface area contributed by atoms with Crippen LogP contribution in [0, 0.1) is 0 Å². The number of hydrogen-bond acceptors (Lipinski definition) is 4. The number of rotatable bonds is 5. The summed E-state index contributed by atoms with van der Waals surface area (Å²) in [6.45, 7) is 4.01. The van der Waals surface area contributed by atoms with Gasteiger partial charge in [0.05, 0.1) is 17.4 Å². The van der Waals surface area contributed by atoms with E-state index in [-0.39, 0.29) is 18.1 Å². The molecule has 7 nitrogen and oxygen atoms in total. The summed E-state index contributed by atoms with van der Waals surface area (Å²) in [5.74, 6) is 0.484. The van der Waals surface area contributed by atoms with E-state index in [1.54, 1.807) is 25.2 Å². The van der Waals surface area contributed by atoms with E-state index in [1.807, 2.05) is 6.07 Å². The van der Waals surface area contributed by atoms with Gasteiger partial charge in [-0.25, -0.2) is 9.78 Å². The predicted molar refractivity (Wildman–Crippen MR) is 97.5 cm³/mol. The average Bonchev–Trinajstić information content (AvgIpc) is 2.62. The molecule has 1 aliphatic heterocycles. The number of carbonyl (C=O) groups is 1. The van der Waals surface area contributed by atoms with Crippen LogP contribution < -0.4 is 10.9 Å². The molecule has 0 radical (unpaired) electrons. The van der Waals surface area contributed by atoms with Crippen LogP contribution in [-0.4, -0.2) is 59.0 Å². The molecule has 0 aliphatic carbocycles. The number of nitrogens with one attached hydrogen (secondary N) is 2. The fraction of sp³-hybridized carbons (Fsp3) is 0.500. The van der Waals surface area contributed by atoms with Crippen molar-refractivity contribution in [2.24, 2.45) is 0 Å².